The monoisotopic (exact) mass is 320 g/mol. The van der Waals surface area contributed by atoms with Crippen LogP contribution in [0.25, 0.3) is 0 Å². The van der Waals surface area contributed by atoms with Gasteiger partial charge in [0.2, 0.25) is 10.0 Å². The van der Waals surface area contributed by atoms with Crippen LogP contribution in [0.2, 0.25) is 0 Å². The fourth-order valence-electron chi connectivity index (χ4n) is 3.25. The molecule has 1 saturated carbocycles. The van der Waals surface area contributed by atoms with E-state index in [1.165, 1.54) is 25.7 Å². The van der Waals surface area contributed by atoms with Crippen LogP contribution in [0, 0.1) is 0 Å². The molecule has 0 aromatic heterocycles. The number of rotatable bonds is 7. The van der Waals surface area contributed by atoms with Gasteiger partial charge in [-0.15, -0.1) is 0 Å². The summed E-state index contributed by atoms with van der Waals surface area (Å²) in [6.45, 7) is 1.64. The van der Waals surface area contributed by atoms with E-state index in [1.54, 1.807) is 0 Å². The molecule has 0 amide bonds. The number of hydrogen-bond donors (Lipinski definition) is 2. The smallest absolute Gasteiger partial charge is 0.211 e. The molecule has 0 aromatic carbocycles. The first kappa shape index (κ1) is 16.6. The van der Waals surface area contributed by atoms with Crippen LogP contribution in [0.15, 0.2) is 0 Å². The third-order valence-corrected chi connectivity index (χ3v) is 7.49. The molecular weight excluding hydrogens is 292 g/mol. The summed E-state index contributed by atoms with van der Waals surface area (Å²) in [7, 11) is -3.12. The Bertz CT molecular complexity index is 386. The Morgan fingerprint density at radius 2 is 2.00 bits per heavy atom. The lowest BCUT2D eigenvalue weighted by Crippen LogP contribution is -2.41. The van der Waals surface area contributed by atoms with Crippen molar-refractivity contribution in [1.29, 1.82) is 0 Å². The highest BCUT2D eigenvalue weighted by Gasteiger charge is 2.34. The summed E-state index contributed by atoms with van der Waals surface area (Å²) >= 11 is 1.83. The van der Waals surface area contributed by atoms with Crippen LogP contribution in [0.5, 0.6) is 0 Å². The van der Waals surface area contributed by atoms with E-state index in [2.05, 4.69) is 16.3 Å². The standard InChI is InChI=1S/C14H28N2O2S2/c1-19-14(8-3-4-9-14)12-16-20(17,18)11-7-13-6-2-5-10-15-13/h13,15-16H,2-12H2,1H3. The molecule has 1 atom stereocenters. The highest BCUT2D eigenvalue weighted by Crippen LogP contribution is 2.39. The maximum atomic E-state index is 12.1. The number of piperidine rings is 1. The lowest BCUT2D eigenvalue weighted by molar-refractivity contribution is 0.392. The lowest BCUT2D eigenvalue weighted by Gasteiger charge is -2.27. The molecule has 0 radical (unpaired) electrons. The second kappa shape index (κ2) is 7.47. The topological polar surface area (TPSA) is 58.2 Å². The molecule has 1 unspecified atom stereocenters. The Hall–Kier alpha value is 0.220. The Kier molecular flexibility index (Phi) is 6.20. The summed E-state index contributed by atoms with van der Waals surface area (Å²) in [5.74, 6) is 0.259. The average Bonchev–Trinajstić information content (AvgIpc) is 2.94. The van der Waals surface area contributed by atoms with Crippen LogP contribution >= 0.6 is 11.8 Å². The maximum absolute atomic E-state index is 12.1. The van der Waals surface area contributed by atoms with Crippen molar-refractivity contribution in [3.63, 3.8) is 0 Å². The molecule has 2 aliphatic rings. The summed E-state index contributed by atoms with van der Waals surface area (Å²) in [5, 5.41) is 3.41. The Labute approximate surface area is 127 Å². The summed E-state index contributed by atoms with van der Waals surface area (Å²) in [5.41, 5.74) is 0. The minimum absolute atomic E-state index is 0.149. The van der Waals surface area contributed by atoms with Gasteiger partial charge in [-0.2, -0.15) is 11.8 Å². The fourth-order valence-corrected chi connectivity index (χ4v) is 5.49. The van der Waals surface area contributed by atoms with Crippen molar-refractivity contribution < 1.29 is 8.42 Å². The van der Waals surface area contributed by atoms with Crippen LogP contribution in [0.1, 0.15) is 51.4 Å². The largest absolute Gasteiger partial charge is 0.314 e. The molecular formula is C14H28N2O2S2. The van der Waals surface area contributed by atoms with Gasteiger partial charge in [0.05, 0.1) is 5.75 Å². The molecule has 6 heteroatoms. The van der Waals surface area contributed by atoms with Gasteiger partial charge < -0.3 is 5.32 Å². The number of nitrogens with one attached hydrogen (secondary N) is 2. The van der Waals surface area contributed by atoms with Gasteiger partial charge in [0, 0.05) is 17.3 Å². The Balaban J connectivity index is 1.75. The van der Waals surface area contributed by atoms with Gasteiger partial charge in [-0.3, -0.25) is 0 Å². The van der Waals surface area contributed by atoms with Crippen molar-refractivity contribution in [2.45, 2.75) is 62.2 Å². The molecule has 2 N–H and O–H groups in total. The van der Waals surface area contributed by atoms with Crippen LogP contribution in [0.4, 0.5) is 0 Å². The second-order valence-corrected chi connectivity index (χ2v) is 9.37. The van der Waals surface area contributed by atoms with Gasteiger partial charge in [0.15, 0.2) is 0 Å². The molecule has 2 rings (SSSR count). The zero-order valence-corrected chi connectivity index (χ0v) is 14.1. The van der Waals surface area contributed by atoms with Crippen molar-refractivity contribution in [2.75, 3.05) is 25.1 Å². The Morgan fingerprint density at radius 1 is 1.25 bits per heavy atom. The van der Waals surface area contributed by atoms with E-state index in [0.29, 0.717) is 12.6 Å². The zero-order valence-electron chi connectivity index (χ0n) is 12.5. The van der Waals surface area contributed by atoms with Gasteiger partial charge >= 0.3 is 0 Å². The van der Waals surface area contributed by atoms with Gasteiger partial charge in [-0.25, -0.2) is 13.1 Å². The predicted molar refractivity (Wildman–Crippen MR) is 86.8 cm³/mol. The van der Waals surface area contributed by atoms with E-state index in [0.717, 1.165) is 32.2 Å². The number of sulfonamides is 1. The molecule has 1 aliphatic carbocycles. The van der Waals surface area contributed by atoms with Crippen LogP contribution in [-0.4, -0.2) is 44.3 Å². The molecule has 0 spiro atoms. The normalized spacial score (nSPS) is 26.8. The highest BCUT2D eigenvalue weighted by molar-refractivity contribution is 8.00. The van der Waals surface area contributed by atoms with Crippen molar-refractivity contribution in [1.82, 2.24) is 10.0 Å². The summed E-state index contributed by atoms with van der Waals surface area (Å²) < 4.78 is 27.3. The van der Waals surface area contributed by atoms with E-state index in [9.17, 15) is 8.42 Å². The Morgan fingerprint density at radius 3 is 2.60 bits per heavy atom. The molecule has 0 aromatic rings. The molecule has 4 nitrogen and oxygen atoms in total. The van der Waals surface area contributed by atoms with Crippen molar-refractivity contribution in [3.05, 3.63) is 0 Å². The van der Waals surface area contributed by atoms with Crippen LogP contribution in [-0.2, 0) is 10.0 Å². The van der Waals surface area contributed by atoms with Crippen LogP contribution < -0.4 is 10.0 Å². The van der Waals surface area contributed by atoms with Gasteiger partial charge in [0.25, 0.3) is 0 Å². The SMILES string of the molecule is CSC1(CNS(=O)(=O)CCC2CCCCN2)CCCC1. The first-order valence-electron chi connectivity index (χ1n) is 7.81. The van der Waals surface area contributed by atoms with Crippen molar-refractivity contribution >= 4 is 21.8 Å². The molecule has 20 heavy (non-hydrogen) atoms. The minimum atomic E-state index is -3.12. The number of hydrogen-bond acceptors (Lipinski definition) is 4. The average molecular weight is 321 g/mol. The molecule has 1 aliphatic heterocycles. The fraction of sp³-hybridized carbons (Fsp3) is 1.00. The minimum Gasteiger partial charge on any atom is -0.314 e. The summed E-state index contributed by atoms with van der Waals surface area (Å²) in [6, 6.07) is 0.390. The highest BCUT2D eigenvalue weighted by atomic mass is 32.2. The van der Waals surface area contributed by atoms with E-state index >= 15 is 0 Å². The van der Waals surface area contributed by atoms with E-state index in [1.807, 2.05) is 11.8 Å². The van der Waals surface area contributed by atoms with E-state index in [4.69, 9.17) is 0 Å². The molecule has 2 fully saturated rings. The summed E-state index contributed by atoms with van der Waals surface area (Å²) in [4.78, 5) is 0. The molecule has 0 bridgehead atoms. The third kappa shape index (κ3) is 4.90. The van der Waals surface area contributed by atoms with Gasteiger partial charge in [0.1, 0.15) is 0 Å². The first-order valence-corrected chi connectivity index (χ1v) is 10.7. The molecule has 1 saturated heterocycles. The quantitative estimate of drug-likeness (QED) is 0.754. The van der Waals surface area contributed by atoms with Crippen molar-refractivity contribution in [2.24, 2.45) is 0 Å². The van der Waals surface area contributed by atoms with E-state index in [-0.39, 0.29) is 10.5 Å². The molecule has 118 valence electrons. The first-order chi connectivity index (χ1) is 9.55. The number of thioether (sulfide) groups is 1. The zero-order chi connectivity index (χ0) is 14.5. The van der Waals surface area contributed by atoms with Gasteiger partial charge in [-0.1, -0.05) is 19.3 Å². The maximum Gasteiger partial charge on any atom is 0.211 e. The third-order valence-electron chi connectivity index (χ3n) is 4.71. The van der Waals surface area contributed by atoms with Crippen molar-refractivity contribution in [3.8, 4) is 0 Å². The van der Waals surface area contributed by atoms with Gasteiger partial charge in [-0.05, 0) is 44.9 Å². The molecule has 1 heterocycles. The van der Waals surface area contributed by atoms with Crippen LogP contribution in [0.3, 0.4) is 0 Å². The second-order valence-electron chi connectivity index (χ2n) is 6.17. The summed E-state index contributed by atoms with van der Waals surface area (Å²) in [6.07, 6.45) is 11.1. The lowest BCUT2D eigenvalue weighted by atomic mass is 10.0. The predicted octanol–water partition coefficient (Wildman–Crippen LogP) is 2.11. The van der Waals surface area contributed by atoms with E-state index < -0.39 is 10.0 Å².